The van der Waals surface area contributed by atoms with Gasteiger partial charge in [-0.1, -0.05) is 6.07 Å². The molecule has 1 fully saturated rings. The second kappa shape index (κ2) is 9.28. The van der Waals surface area contributed by atoms with Crippen LogP contribution < -0.4 is 5.32 Å². The summed E-state index contributed by atoms with van der Waals surface area (Å²) < 4.78 is 63.1. The van der Waals surface area contributed by atoms with Gasteiger partial charge >= 0.3 is 5.97 Å². The van der Waals surface area contributed by atoms with Gasteiger partial charge in [0.05, 0.1) is 29.4 Å². The molecule has 1 N–H and O–H groups in total. The van der Waals surface area contributed by atoms with Gasteiger partial charge in [0.15, 0.2) is 6.61 Å². The number of sulfonamides is 1. The Kier molecular flexibility index (Phi) is 6.75. The normalized spacial score (nSPS) is 14.9. The molecule has 30 heavy (non-hydrogen) atoms. The molecule has 3 rings (SSSR count). The van der Waals surface area contributed by atoms with E-state index in [0.717, 1.165) is 18.2 Å². The Morgan fingerprint density at radius 2 is 1.83 bits per heavy atom. The van der Waals surface area contributed by atoms with E-state index >= 15 is 0 Å². The number of hydrogen-bond acceptors (Lipinski definition) is 6. The first-order chi connectivity index (χ1) is 14.3. The van der Waals surface area contributed by atoms with E-state index in [2.05, 4.69) is 5.32 Å². The Morgan fingerprint density at radius 1 is 1.10 bits per heavy atom. The number of carbonyl (C=O) groups is 2. The van der Waals surface area contributed by atoms with Crippen molar-refractivity contribution in [1.82, 2.24) is 4.31 Å². The van der Waals surface area contributed by atoms with Gasteiger partial charge in [-0.05, 0) is 30.3 Å². The molecule has 0 radical (unpaired) electrons. The Bertz CT molecular complexity index is 1050. The molecule has 1 amide bonds. The maximum absolute atomic E-state index is 13.6. The highest BCUT2D eigenvalue weighted by molar-refractivity contribution is 7.89. The number of halogens is 2. The fourth-order valence-corrected chi connectivity index (χ4v) is 4.17. The molecule has 0 aliphatic carbocycles. The number of amides is 1. The number of hydrogen-bond donors (Lipinski definition) is 1. The van der Waals surface area contributed by atoms with Gasteiger partial charge in [0, 0.05) is 19.2 Å². The Morgan fingerprint density at radius 3 is 2.53 bits per heavy atom. The summed E-state index contributed by atoms with van der Waals surface area (Å²) in [6.45, 7) is 0.236. The number of anilines is 1. The van der Waals surface area contributed by atoms with Gasteiger partial charge in [-0.25, -0.2) is 22.0 Å². The van der Waals surface area contributed by atoms with E-state index in [4.69, 9.17) is 9.47 Å². The van der Waals surface area contributed by atoms with Crippen LogP contribution in [0, 0.1) is 11.6 Å². The molecule has 8 nitrogen and oxygen atoms in total. The smallest absolute Gasteiger partial charge is 0.338 e. The van der Waals surface area contributed by atoms with Crippen LogP contribution in [0.5, 0.6) is 0 Å². The van der Waals surface area contributed by atoms with Crippen molar-refractivity contribution in [2.75, 3.05) is 38.2 Å². The van der Waals surface area contributed by atoms with E-state index in [9.17, 15) is 26.8 Å². The summed E-state index contributed by atoms with van der Waals surface area (Å²) in [5.74, 6) is -3.55. The molecule has 0 aromatic heterocycles. The first-order valence-electron chi connectivity index (χ1n) is 8.87. The van der Waals surface area contributed by atoms with Gasteiger partial charge in [0.25, 0.3) is 5.91 Å². The molecular weight excluding hydrogens is 422 g/mol. The number of carbonyl (C=O) groups excluding carboxylic acids is 2. The highest BCUT2D eigenvalue weighted by atomic mass is 32.2. The van der Waals surface area contributed by atoms with Gasteiger partial charge in [-0.15, -0.1) is 0 Å². The average Bonchev–Trinajstić information content (AvgIpc) is 2.74. The van der Waals surface area contributed by atoms with E-state index in [1.165, 1.54) is 22.5 Å². The lowest BCUT2D eigenvalue weighted by atomic mass is 10.2. The fourth-order valence-electron chi connectivity index (χ4n) is 2.71. The van der Waals surface area contributed by atoms with Crippen molar-refractivity contribution in [3.8, 4) is 0 Å². The van der Waals surface area contributed by atoms with Crippen molar-refractivity contribution < 1.29 is 36.3 Å². The summed E-state index contributed by atoms with van der Waals surface area (Å²) in [5.41, 5.74) is -0.332. The van der Waals surface area contributed by atoms with E-state index in [1.54, 1.807) is 0 Å². The number of benzene rings is 2. The van der Waals surface area contributed by atoms with Crippen molar-refractivity contribution in [1.29, 1.82) is 0 Å². The predicted octanol–water partition coefficient (Wildman–Crippen LogP) is 1.78. The minimum absolute atomic E-state index is 0.0647. The zero-order valence-corrected chi connectivity index (χ0v) is 16.5. The van der Waals surface area contributed by atoms with Gasteiger partial charge in [-0.3, -0.25) is 4.79 Å². The molecule has 11 heteroatoms. The van der Waals surface area contributed by atoms with Crippen LogP contribution in [-0.2, 0) is 24.3 Å². The molecule has 0 saturated carbocycles. The van der Waals surface area contributed by atoms with Crippen LogP contribution in [0.1, 0.15) is 10.4 Å². The topological polar surface area (TPSA) is 102 Å². The Labute approximate surface area is 171 Å². The van der Waals surface area contributed by atoms with Gasteiger partial charge < -0.3 is 14.8 Å². The summed E-state index contributed by atoms with van der Waals surface area (Å²) in [4.78, 5) is 24.0. The van der Waals surface area contributed by atoms with Crippen LogP contribution in [0.3, 0.4) is 0 Å². The van der Waals surface area contributed by atoms with E-state index in [-0.39, 0.29) is 42.4 Å². The van der Waals surface area contributed by atoms with Crippen molar-refractivity contribution in [3.63, 3.8) is 0 Å². The lowest BCUT2D eigenvalue weighted by Gasteiger charge is -2.26. The van der Waals surface area contributed by atoms with Crippen molar-refractivity contribution in [2.24, 2.45) is 0 Å². The Balaban J connectivity index is 1.63. The first kappa shape index (κ1) is 21.8. The van der Waals surface area contributed by atoms with Crippen LogP contribution in [0.15, 0.2) is 47.4 Å². The quantitative estimate of drug-likeness (QED) is 0.687. The number of esters is 1. The van der Waals surface area contributed by atoms with Crippen molar-refractivity contribution in [3.05, 3.63) is 59.7 Å². The second-order valence-corrected chi connectivity index (χ2v) is 8.23. The number of nitrogens with zero attached hydrogens (tertiary/aromatic N) is 1. The van der Waals surface area contributed by atoms with E-state index in [0.29, 0.717) is 6.07 Å². The third kappa shape index (κ3) is 5.17. The third-order valence-corrected chi connectivity index (χ3v) is 6.11. The zero-order chi connectivity index (χ0) is 21.7. The van der Waals surface area contributed by atoms with E-state index < -0.39 is 40.1 Å². The standard InChI is InChI=1S/C19H18F2N2O6S/c20-14-4-5-17(16(21)11-14)22-18(24)12-29-19(25)13-2-1-3-15(10-13)30(26,27)23-6-8-28-9-7-23/h1-5,10-11H,6-9,12H2,(H,22,24). The summed E-state index contributed by atoms with van der Waals surface area (Å²) in [5, 5.41) is 2.15. The van der Waals surface area contributed by atoms with Crippen LogP contribution in [0.25, 0.3) is 0 Å². The molecule has 1 aliphatic heterocycles. The van der Waals surface area contributed by atoms with Gasteiger partial charge in [0.2, 0.25) is 10.0 Å². The monoisotopic (exact) mass is 440 g/mol. The van der Waals surface area contributed by atoms with Crippen molar-refractivity contribution >= 4 is 27.6 Å². The Hall–Kier alpha value is -2.89. The summed E-state index contributed by atoms with van der Waals surface area (Å²) in [6, 6.07) is 7.84. The molecule has 0 bridgehead atoms. The number of morpholine rings is 1. The lowest BCUT2D eigenvalue weighted by molar-refractivity contribution is -0.119. The molecule has 0 atom stereocenters. The molecule has 1 saturated heterocycles. The van der Waals surface area contributed by atoms with Gasteiger partial charge in [0.1, 0.15) is 11.6 Å². The highest BCUT2D eigenvalue weighted by Crippen LogP contribution is 2.19. The molecule has 160 valence electrons. The minimum Gasteiger partial charge on any atom is -0.452 e. The summed E-state index contributed by atoms with van der Waals surface area (Å²) in [6.07, 6.45) is 0. The largest absolute Gasteiger partial charge is 0.452 e. The molecule has 1 heterocycles. The molecule has 0 unspecified atom stereocenters. The number of rotatable bonds is 6. The SMILES string of the molecule is O=C(COC(=O)c1cccc(S(=O)(=O)N2CCOCC2)c1)Nc1ccc(F)cc1F. The summed E-state index contributed by atoms with van der Waals surface area (Å²) >= 11 is 0. The van der Waals surface area contributed by atoms with E-state index in [1.807, 2.05) is 0 Å². The lowest BCUT2D eigenvalue weighted by Crippen LogP contribution is -2.40. The minimum atomic E-state index is -3.80. The first-order valence-corrected chi connectivity index (χ1v) is 10.3. The van der Waals surface area contributed by atoms with Crippen LogP contribution in [0.4, 0.5) is 14.5 Å². The maximum Gasteiger partial charge on any atom is 0.338 e. The molecular formula is C19H18F2N2O6S. The number of nitrogens with one attached hydrogen (secondary N) is 1. The average molecular weight is 440 g/mol. The van der Waals surface area contributed by atoms with Crippen LogP contribution in [-0.4, -0.2) is 57.5 Å². The third-order valence-electron chi connectivity index (χ3n) is 4.22. The van der Waals surface area contributed by atoms with Crippen LogP contribution in [0.2, 0.25) is 0 Å². The molecule has 1 aliphatic rings. The fraction of sp³-hybridized carbons (Fsp3) is 0.263. The van der Waals surface area contributed by atoms with Crippen molar-refractivity contribution in [2.45, 2.75) is 4.90 Å². The zero-order valence-electron chi connectivity index (χ0n) is 15.6. The summed E-state index contributed by atoms with van der Waals surface area (Å²) in [7, 11) is -3.80. The van der Waals surface area contributed by atoms with Crippen LogP contribution >= 0.6 is 0 Å². The molecule has 0 spiro atoms. The number of ether oxygens (including phenoxy) is 2. The molecule has 2 aromatic rings. The predicted molar refractivity (Wildman–Crippen MR) is 101 cm³/mol. The van der Waals surface area contributed by atoms with Gasteiger partial charge in [-0.2, -0.15) is 4.31 Å². The highest BCUT2D eigenvalue weighted by Gasteiger charge is 2.27. The maximum atomic E-state index is 13.6. The second-order valence-electron chi connectivity index (χ2n) is 6.29. The molecule has 2 aromatic carbocycles.